The highest BCUT2D eigenvalue weighted by Gasteiger charge is 2.43. The monoisotopic (exact) mass is 364 g/mol. The molecule has 136 valence electrons. The molecule has 0 aliphatic heterocycles. The minimum Gasteiger partial charge on any atom is -0.273 e. The number of hydrazone groups is 1. The van der Waals surface area contributed by atoms with Crippen LogP contribution >= 0.6 is 0 Å². The fraction of sp³-hybridized carbons (Fsp3) is 0.120. The van der Waals surface area contributed by atoms with Crippen molar-refractivity contribution in [1.29, 1.82) is 0 Å². The fourth-order valence-electron chi connectivity index (χ4n) is 3.98. The molecule has 3 nitrogen and oxygen atoms in total. The molecule has 3 heteroatoms. The zero-order valence-electron chi connectivity index (χ0n) is 15.4. The first-order valence-electron chi connectivity index (χ1n) is 9.59. The Morgan fingerprint density at radius 2 is 1.46 bits per heavy atom. The average molecular weight is 364 g/mol. The van der Waals surface area contributed by atoms with Crippen LogP contribution in [0.25, 0.3) is 21.5 Å². The summed E-state index contributed by atoms with van der Waals surface area (Å²) in [5, 5.41) is 8.90. The average Bonchev–Trinajstić information content (AvgIpc) is 3.55. The van der Waals surface area contributed by atoms with Gasteiger partial charge in [-0.1, -0.05) is 78.9 Å². The first kappa shape index (κ1) is 16.7. The summed E-state index contributed by atoms with van der Waals surface area (Å²) in [6.45, 7) is 0. The van der Waals surface area contributed by atoms with Crippen LogP contribution in [0.15, 0.2) is 90.0 Å². The Labute approximate surface area is 163 Å². The predicted octanol–water partition coefficient (Wildman–Crippen LogP) is 5.25. The number of nitrogens with zero attached hydrogens (tertiary/aromatic N) is 1. The van der Waals surface area contributed by atoms with E-state index >= 15 is 0 Å². The smallest absolute Gasteiger partial charge is 0.243 e. The van der Waals surface area contributed by atoms with Crippen LogP contribution in [0.2, 0.25) is 0 Å². The van der Waals surface area contributed by atoms with E-state index in [9.17, 15) is 4.79 Å². The van der Waals surface area contributed by atoms with Crippen molar-refractivity contribution in [3.05, 3.63) is 96.1 Å². The maximum absolute atomic E-state index is 12.5. The quantitative estimate of drug-likeness (QED) is 0.300. The summed E-state index contributed by atoms with van der Waals surface area (Å²) in [5.41, 5.74) is 5.01. The maximum atomic E-state index is 12.5. The molecule has 0 saturated heterocycles. The molecule has 0 heterocycles. The van der Waals surface area contributed by atoms with Crippen molar-refractivity contribution in [3.8, 4) is 0 Å². The van der Waals surface area contributed by atoms with Gasteiger partial charge in [-0.25, -0.2) is 5.43 Å². The molecule has 1 amide bonds. The third-order valence-corrected chi connectivity index (χ3v) is 5.54. The molecule has 1 aliphatic rings. The third-order valence-electron chi connectivity index (χ3n) is 5.54. The Bertz CT molecular complexity index is 1140. The van der Waals surface area contributed by atoms with Crippen molar-refractivity contribution in [3.63, 3.8) is 0 Å². The van der Waals surface area contributed by atoms with Crippen LogP contribution in [-0.2, 0) is 4.79 Å². The number of carbonyl (C=O) groups is 1. The molecule has 28 heavy (non-hydrogen) atoms. The molecule has 2 unspecified atom stereocenters. The van der Waals surface area contributed by atoms with Gasteiger partial charge in [-0.05, 0) is 45.5 Å². The van der Waals surface area contributed by atoms with Gasteiger partial charge in [-0.3, -0.25) is 4.79 Å². The molecule has 4 aromatic rings. The molecule has 1 N–H and O–H groups in total. The number of amides is 1. The first-order valence-corrected chi connectivity index (χ1v) is 9.59. The van der Waals surface area contributed by atoms with E-state index in [4.69, 9.17) is 0 Å². The Hall–Kier alpha value is -3.46. The number of carbonyl (C=O) groups excluding carboxylic acids is 1. The second kappa shape index (κ2) is 6.93. The van der Waals surface area contributed by atoms with Crippen LogP contribution in [0.3, 0.4) is 0 Å². The normalized spacial score (nSPS) is 18.6. The first-order chi connectivity index (χ1) is 13.8. The molecule has 2 atom stereocenters. The molecular formula is C25H20N2O. The SMILES string of the molecule is O=C(N/N=C/c1c2ccccc2cc2ccccc12)C1CC1c1ccccc1. The summed E-state index contributed by atoms with van der Waals surface area (Å²) in [6.07, 6.45) is 2.67. The lowest BCUT2D eigenvalue weighted by Crippen LogP contribution is -2.20. The van der Waals surface area contributed by atoms with Gasteiger partial charge in [0.25, 0.3) is 0 Å². The van der Waals surface area contributed by atoms with Crippen LogP contribution in [0.4, 0.5) is 0 Å². The Balaban J connectivity index is 1.39. The molecule has 0 spiro atoms. The van der Waals surface area contributed by atoms with Crippen molar-refractivity contribution in [2.24, 2.45) is 11.0 Å². The number of nitrogens with one attached hydrogen (secondary N) is 1. The Kier molecular flexibility index (Phi) is 4.13. The molecular weight excluding hydrogens is 344 g/mol. The molecule has 1 saturated carbocycles. The summed E-state index contributed by atoms with van der Waals surface area (Å²) in [6, 6.07) is 28.9. The van der Waals surface area contributed by atoms with Crippen molar-refractivity contribution in [2.75, 3.05) is 0 Å². The topological polar surface area (TPSA) is 41.5 Å². The van der Waals surface area contributed by atoms with E-state index in [1.807, 2.05) is 42.5 Å². The van der Waals surface area contributed by atoms with Crippen molar-refractivity contribution >= 4 is 33.7 Å². The second-order valence-corrected chi connectivity index (χ2v) is 7.33. The minimum atomic E-state index is -0.00496. The van der Waals surface area contributed by atoms with Gasteiger partial charge in [-0.2, -0.15) is 5.10 Å². The Morgan fingerprint density at radius 1 is 0.857 bits per heavy atom. The highest BCUT2D eigenvalue weighted by Crippen LogP contribution is 2.47. The van der Waals surface area contributed by atoms with Crippen LogP contribution in [0.1, 0.15) is 23.5 Å². The van der Waals surface area contributed by atoms with E-state index in [0.29, 0.717) is 5.92 Å². The van der Waals surface area contributed by atoms with Crippen LogP contribution < -0.4 is 5.43 Å². The number of rotatable bonds is 4. The second-order valence-electron chi connectivity index (χ2n) is 7.33. The van der Waals surface area contributed by atoms with Crippen molar-refractivity contribution in [1.82, 2.24) is 5.43 Å². The highest BCUT2D eigenvalue weighted by atomic mass is 16.2. The fourth-order valence-corrected chi connectivity index (χ4v) is 3.98. The molecule has 5 rings (SSSR count). The van der Waals surface area contributed by atoms with E-state index in [0.717, 1.165) is 22.8 Å². The van der Waals surface area contributed by atoms with Gasteiger partial charge < -0.3 is 0 Å². The van der Waals surface area contributed by atoms with Gasteiger partial charge in [0.15, 0.2) is 0 Å². The lowest BCUT2D eigenvalue weighted by molar-refractivity contribution is -0.122. The number of benzene rings is 4. The predicted molar refractivity (Wildman–Crippen MR) is 114 cm³/mol. The lowest BCUT2D eigenvalue weighted by atomic mass is 9.97. The molecule has 1 aliphatic carbocycles. The van der Waals surface area contributed by atoms with Gasteiger partial charge in [0.05, 0.1) is 6.21 Å². The number of hydrogen-bond donors (Lipinski definition) is 1. The Morgan fingerprint density at radius 3 is 2.14 bits per heavy atom. The van der Waals surface area contributed by atoms with Gasteiger partial charge in [0.2, 0.25) is 5.91 Å². The third kappa shape index (κ3) is 3.05. The van der Waals surface area contributed by atoms with E-state index < -0.39 is 0 Å². The van der Waals surface area contributed by atoms with E-state index in [1.54, 1.807) is 6.21 Å². The number of fused-ring (bicyclic) bond motifs is 2. The summed E-state index contributed by atoms with van der Waals surface area (Å²) in [7, 11) is 0. The molecule has 0 aromatic heterocycles. The number of hydrogen-bond acceptors (Lipinski definition) is 2. The van der Waals surface area contributed by atoms with Gasteiger partial charge >= 0.3 is 0 Å². The van der Waals surface area contributed by atoms with Crippen molar-refractivity contribution in [2.45, 2.75) is 12.3 Å². The molecule has 0 bridgehead atoms. The maximum Gasteiger partial charge on any atom is 0.243 e. The van der Waals surface area contributed by atoms with E-state index in [2.05, 4.69) is 53.0 Å². The summed E-state index contributed by atoms with van der Waals surface area (Å²) in [4.78, 5) is 12.5. The summed E-state index contributed by atoms with van der Waals surface area (Å²) >= 11 is 0. The highest BCUT2D eigenvalue weighted by molar-refractivity contribution is 6.13. The molecule has 1 fully saturated rings. The summed E-state index contributed by atoms with van der Waals surface area (Å²) in [5.74, 6) is 0.327. The van der Waals surface area contributed by atoms with Crippen molar-refractivity contribution < 1.29 is 4.79 Å². The van der Waals surface area contributed by atoms with Crippen LogP contribution in [-0.4, -0.2) is 12.1 Å². The van der Waals surface area contributed by atoms with Gasteiger partial charge in [0, 0.05) is 11.5 Å². The zero-order chi connectivity index (χ0) is 18.9. The summed E-state index contributed by atoms with van der Waals surface area (Å²) < 4.78 is 0. The largest absolute Gasteiger partial charge is 0.273 e. The standard InChI is InChI=1S/C25H20N2O/c28-25(23-15-22(23)17-8-2-1-3-9-17)27-26-16-24-20-12-6-4-10-18(20)14-19-11-5-7-13-21(19)24/h1-14,16,22-23H,15H2,(H,27,28)/b26-16+. The minimum absolute atomic E-state index is 0.00496. The van der Waals surface area contributed by atoms with Gasteiger partial charge in [0.1, 0.15) is 0 Å². The molecule has 0 radical (unpaired) electrons. The van der Waals surface area contributed by atoms with Crippen LogP contribution in [0, 0.1) is 5.92 Å². The van der Waals surface area contributed by atoms with E-state index in [-0.39, 0.29) is 11.8 Å². The molecule has 4 aromatic carbocycles. The van der Waals surface area contributed by atoms with E-state index in [1.165, 1.54) is 16.3 Å². The zero-order valence-corrected chi connectivity index (χ0v) is 15.4. The van der Waals surface area contributed by atoms with Crippen LogP contribution in [0.5, 0.6) is 0 Å². The van der Waals surface area contributed by atoms with Gasteiger partial charge in [-0.15, -0.1) is 0 Å². The lowest BCUT2D eigenvalue weighted by Gasteiger charge is -2.08.